The van der Waals surface area contributed by atoms with E-state index in [9.17, 15) is 9.90 Å². The summed E-state index contributed by atoms with van der Waals surface area (Å²) in [5, 5.41) is 13.3. The number of halogens is 1. The third kappa shape index (κ3) is 3.37. The Balaban J connectivity index is 1.99. The van der Waals surface area contributed by atoms with Gasteiger partial charge in [0.15, 0.2) is 0 Å². The molecule has 0 aliphatic carbocycles. The molecule has 0 radical (unpaired) electrons. The maximum atomic E-state index is 12.0. The number of amides is 1. The molecule has 0 spiro atoms. The topological polar surface area (TPSA) is 84.6 Å². The van der Waals surface area contributed by atoms with E-state index in [1.165, 1.54) is 0 Å². The molecule has 1 saturated heterocycles. The SMILES string of the molecule is Nc1c(Cl)cccc1C(=O)NCC1(O)CCOCC1. The zero-order valence-electron chi connectivity index (χ0n) is 10.5. The van der Waals surface area contributed by atoms with Crippen LogP contribution >= 0.6 is 11.6 Å². The molecular formula is C13H17ClN2O3. The Morgan fingerprint density at radius 2 is 2.16 bits per heavy atom. The first-order valence-corrected chi connectivity index (χ1v) is 6.52. The molecule has 5 nitrogen and oxygen atoms in total. The number of benzene rings is 1. The standard InChI is InChI=1S/C13H17ClN2O3/c14-10-3-1-2-9(11(10)15)12(17)16-8-13(18)4-6-19-7-5-13/h1-3,18H,4-8,15H2,(H,16,17). The van der Waals surface area contributed by atoms with Gasteiger partial charge in [0.1, 0.15) is 0 Å². The van der Waals surface area contributed by atoms with E-state index in [2.05, 4.69) is 5.32 Å². The van der Waals surface area contributed by atoms with Crippen LogP contribution in [-0.4, -0.2) is 36.4 Å². The predicted octanol–water partition coefficient (Wildman–Crippen LogP) is 1.19. The average Bonchev–Trinajstić information content (AvgIpc) is 2.40. The molecule has 6 heteroatoms. The highest BCUT2D eigenvalue weighted by Crippen LogP contribution is 2.23. The first kappa shape index (κ1) is 14.1. The van der Waals surface area contributed by atoms with E-state index >= 15 is 0 Å². The molecular weight excluding hydrogens is 268 g/mol. The molecule has 19 heavy (non-hydrogen) atoms. The zero-order chi connectivity index (χ0) is 13.9. The van der Waals surface area contributed by atoms with Crippen molar-refractivity contribution in [2.45, 2.75) is 18.4 Å². The Kier molecular flexibility index (Phi) is 4.29. The summed E-state index contributed by atoms with van der Waals surface area (Å²) < 4.78 is 5.18. The minimum atomic E-state index is -0.902. The van der Waals surface area contributed by atoms with Crippen molar-refractivity contribution in [2.24, 2.45) is 0 Å². The number of ether oxygens (including phenoxy) is 1. The van der Waals surface area contributed by atoms with E-state index in [0.717, 1.165) is 0 Å². The second-order valence-electron chi connectivity index (χ2n) is 4.72. The lowest BCUT2D eigenvalue weighted by Crippen LogP contribution is -2.46. The first-order chi connectivity index (χ1) is 9.02. The Morgan fingerprint density at radius 1 is 1.47 bits per heavy atom. The van der Waals surface area contributed by atoms with E-state index in [1.807, 2.05) is 0 Å². The summed E-state index contributed by atoms with van der Waals surface area (Å²) in [5.74, 6) is -0.333. The lowest BCUT2D eigenvalue weighted by atomic mass is 9.94. The van der Waals surface area contributed by atoms with Crippen molar-refractivity contribution in [3.8, 4) is 0 Å². The molecule has 1 aliphatic heterocycles. The van der Waals surface area contributed by atoms with Crippen molar-refractivity contribution in [3.05, 3.63) is 28.8 Å². The molecule has 1 fully saturated rings. The minimum absolute atomic E-state index is 0.182. The van der Waals surface area contributed by atoms with Crippen molar-refractivity contribution < 1.29 is 14.6 Å². The van der Waals surface area contributed by atoms with Crippen molar-refractivity contribution in [3.63, 3.8) is 0 Å². The fourth-order valence-corrected chi connectivity index (χ4v) is 2.18. The van der Waals surface area contributed by atoms with Crippen molar-refractivity contribution >= 4 is 23.2 Å². The van der Waals surface area contributed by atoms with Gasteiger partial charge in [-0.05, 0) is 12.1 Å². The van der Waals surface area contributed by atoms with Crippen molar-refractivity contribution in [2.75, 3.05) is 25.5 Å². The predicted molar refractivity (Wildman–Crippen MR) is 73.2 cm³/mol. The number of nitrogen functional groups attached to an aromatic ring is 1. The van der Waals surface area contributed by atoms with E-state index in [4.69, 9.17) is 22.1 Å². The summed E-state index contributed by atoms with van der Waals surface area (Å²) in [6.07, 6.45) is 1.02. The molecule has 0 bridgehead atoms. The van der Waals surface area contributed by atoms with Crippen LogP contribution in [-0.2, 0) is 4.74 Å². The van der Waals surface area contributed by atoms with Gasteiger partial charge in [-0.3, -0.25) is 4.79 Å². The smallest absolute Gasteiger partial charge is 0.253 e. The van der Waals surface area contributed by atoms with Crippen LogP contribution in [0.5, 0.6) is 0 Å². The van der Waals surface area contributed by atoms with Crippen LogP contribution in [0.4, 0.5) is 5.69 Å². The Morgan fingerprint density at radius 3 is 2.84 bits per heavy atom. The van der Waals surface area contributed by atoms with Gasteiger partial charge in [0.25, 0.3) is 5.91 Å². The number of carbonyl (C=O) groups excluding carboxylic acids is 1. The second-order valence-corrected chi connectivity index (χ2v) is 5.13. The van der Waals surface area contributed by atoms with Crippen LogP contribution in [0.2, 0.25) is 5.02 Å². The van der Waals surface area contributed by atoms with Crippen LogP contribution in [0.1, 0.15) is 23.2 Å². The van der Waals surface area contributed by atoms with Gasteiger partial charge < -0.3 is 20.9 Å². The monoisotopic (exact) mass is 284 g/mol. The highest BCUT2D eigenvalue weighted by Gasteiger charge is 2.30. The highest BCUT2D eigenvalue weighted by atomic mass is 35.5. The van der Waals surface area contributed by atoms with Crippen LogP contribution < -0.4 is 11.1 Å². The summed E-state index contributed by atoms with van der Waals surface area (Å²) in [7, 11) is 0. The Labute approximate surface area is 116 Å². The number of para-hydroxylation sites is 1. The first-order valence-electron chi connectivity index (χ1n) is 6.14. The number of aliphatic hydroxyl groups is 1. The second kappa shape index (κ2) is 5.77. The largest absolute Gasteiger partial charge is 0.397 e. The van der Waals surface area contributed by atoms with Crippen molar-refractivity contribution in [1.29, 1.82) is 0 Å². The third-order valence-electron chi connectivity index (χ3n) is 3.30. The van der Waals surface area contributed by atoms with E-state index in [1.54, 1.807) is 18.2 Å². The number of hydrogen-bond donors (Lipinski definition) is 3. The van der Waals surface area contributed by atoms with E-state index in [-0.39, 0.29) is 18.1 Å². The Bertz CT molecular complexity index is 473. The van der Waals surface area contributed by atoms with E-state index < -0.39 is 5.60 Å². The number of hydrogen-bond acceptors (Lipinski definition) is 4. The minimum Gasteiger partial charge on any atom is -0.397 e. The zero-order valence-corrected chi connectivity index (χ0v) is 11.2. The van der Waals surface area contributed by atoms with Gasteiger partial charge in [0.2, 0.25) is 0 Å². The molecule has 2 rings (SSSR count). The average molecular weight is 285 g/mol. The van der Waals surface area contributed by atoms with Gasteiger partial charge in [-0.25, -0.2) is 0 Å². The molecule has 0 unspecified atom stereocenters. The fourth-order valence-electron chi connectivity index (χ4n) is 2.00. The molecule has 0 saturated carbocycles. The third-order valence-corrected chi connectivity index (χ3v) is 3.63. The molecule has 1 heterocycles. The summed E-state index contributed by atoms with van der Waals surface area (Å²) in [5.41, 5.74) is 5.42. The van der Waals surface area contributed by atoms with Crippen LogP contribution in [0.3, 0.4) is 0 Å². The van der Waals surface area contributed by atoms with Gasteiger partial charge in [0.05, 0.1) is 21.9 Å². The Hall–Kier alpha value is -1.30. The number of carbonyl (C=O) groups is 1. The molecule has 1 aromatic rings. The molecule has 1 aromatic carbocycles. The van der Waals surface area contributed by atoms with Gasteiger partial charge in [-0.15, -0.1) is 0 Å². The van der Waals surface area contributed by atoms with Gasteiger partial charge in [0, 0.05) is 32.6 Å². The summed E-state index contributed by atoms with van der Waals surface area (Å²) in [4.78, 5) is 12.0. The summed E-state index contributed by atoms with van der Waals surface area (Å²) in [6.45, 7) is 1.19. The van der Waals surface area contributed by atoms with Crippen LogP contribution in [0.25, 0.3) is 0 Å². The molecule has 0 atom stereocenters. The van der Waals surface area contributed by atoms with Crippen LogP contribution in [0, 0.1) is 0 Å². The normalized spacial score (nSPS) is 18.0. The van der Waals surface area contributed by atoms with Gasteiger partial charge in [-0.2, -0.15) is 0 Å². The molecule has 1 aliphatic rings. The molecule has 0 aromatic heterocycles. The number of nitrogens with two attached hydrogens (primary N) is 1. The molecule has 104 valence electrons. The maximum absolute atomic E-state index is 12.0. The fraction of sp³-hybridized carbons (Fsp3) is 0.462. The lowest BCUT2D eigenvalue weighted by molar-refractivity contribution is -0.0605. The molecule has 4 N–H and O–H groups in total. The number of anilines is 1. The van der Waals surface area contributed by atoms with Crippen molar-refractivity contribution in [1.82, 2.24) is 5.32 Å². The lowest BCUT2D eigenvalue weighted by Gasteiger charge is -2.32. The number of rotatable bonds is 3. The molecule has 1 amide bonds. The highest BCUT2D eigenvalue weighted by molar-refractivity contribution is 6.33. The van der Waals surface area contributed by atoms with E-state index in [0.29, 0.717) is 36.6 Å². The van der Waals surface area contributed by atoms with Crippen LogP contribution in [0.15, 0.2) is 18.2 Å². The number of nitrogens with one attached hydrogen (secondary N) is 1. The maximum Gasteiger partial charge on any atom is 0.253 e. The summed E-state index contributed by atoms with van der Waals surface area (Å²) >= 11 is 5.86. The van der Waals surface area contributed by atoms with Gasteiger partial charge >= 0.3 is 0 Å². The summed E-state index contributed by atoms with van der Waals surface area (Å²) in [6, 6.07) is 4.89. The quantitative estimate of drug-likeness (QED) is 0.728. The van der Waals surface area contributed by atoms with Gasteiger partial charge in [-0.1, -0.05) is 17.7 Å².